The Morgan fingerprint density at radius 2 is 2.18 bits per heavy atom. The molecule has 5 rings (SSSR count). The van der Waals surface area contributed by atoms with Crippen molar-refractivity contribution < 1.29 is 0 Å². The molecule has 0 amide bonds. The first-order chi connectivity index (χ1) is 13.8. The number of hydrogen-bond acceptors (Lipinski definition) is 4. The number of aromatic amines is 1. The summed E-state index contributed by atoms with van der Waals surface area (Å²) < 4.78 is 0. The van der Waals surface area contributed by atoms with Crippen LogP contribution in [-0.4, -0.2) is 28.0 Å². The molecule has 1 fully saturated rings. The molecule has 0 saturated carbocycles. The fourth-order valence-electron chi connectivity index (χ4n) is 4.30. The lowest BCUT2D eigenvalue weighted by molar-refractivity contribution is 0.569. The highest BCUT2D eigenvalue weighted by Gasteiger charge is 2.26. The minimum atomic E-state index is 0.687. The molecule has 138 valence electrons. The Hall–Kier alpha value is -3.39. The topological polar surface area (TPSA) is 68.6 Å². The summed E-state index contributed by atoms with van der Waals surface area (Å²) in [5.41, 5.74) is 6.41. The third-order valence-corrected chi connectivity index (χ3v) is 5.91. The van der Waals surface area contributed by atoms with E-state index in [1.807, 2.05) is 12.3 Å². The van der Waals surface area contributed by atoms with Gasteiger partial charge in [-0.2, -0.15) is 5.26 Å². The number of benzene rings is 2. The summed E-state index contributed by atoms with van der Waals surface area (Å²) in [6, 6.07) is 14.9. The number of nitrogens with one attached hydrogen (secondary N) is 1. The van der Waals surface area contributed by atoms with E-state index in [4.69, 9.17) is 0 Å². The number of aromatic nitrogens is 3. The number of anilines is 1. The summed E-state index contributed by atoms with van der Waals surface area (Å²) in [6.45, 7) is 4.24. The number of nitrogens with zero attached hydrogens (tertiary/aromatic N) is 4. The van der Waals surface area contributed by atoms with Gasteiger partial charge in [-0.3, -0.25) is 4.98 Å². The number of nitriles is 1. The van der Waals surface area contributed by atoms with E-state index in [2.05, 4.69) is 63.2 Å². The van der Waals surface area contributed by atoms with Gasteiger partial charge in [-0.1, -0.05) is 31.5 Å². The molecule has 1 N–H and O–H groups in total. The van der Waals surface area contributed by atoms with Gasteiger partial charge in [0.2, 0.25) is 0 Å². The molecule has 28 heavy (non-hydrogen) atoms. The Morgan fingerprint density at radius 1 is 1.25 bits per heavy atom. The van der Waals surface area contributed by atoms with Gasteiger partial charge in [0.1, 0.15) is 11.6 Å². The summed E-state index contributed by atoms with van der Waals surface area (Å²) in [5, 5.41) is 11.0. The Balaban J connectivity index is 1.72. The van der Waals surface area contributed by atoms with Gasteiger partial charge in [0, 0.05) is 30.2 Å². The maximum atomic E-state index is 9.89. The van der Waals surface area contributed by atoms with Gasteiger partial charge < -0.3 is 9.88 Å². The van der Waals surface area contributed by atoms with Crippen LogP contribution in [0.25, 0.3) is 33.1 Å². The highest BCUT2D eigenvalue weighted by Crippen LogP contribution is 2.38. The van der Waals surface area contributed by atoms with Crippen molar-refractivity contribution in [1.82, 2.24) is 15.0 Å². The molecule has 0 spiro atoms. The third kappa shape index (κ3) is 2.61. The molecule has 2 aromatic carbocycles. The normalized spacial score (nSPS) is 16.7. The number of fused-ring (bicyclic) bond motifs is 2. The summed E-state index contributed by atoms with van der Waals surface area (Å²) in [4.78, 5) is 14.6. The van der Waals surface area contributed by atoms with Crippen LogP contribution in [0, 0.1) is 17.2 Å². The monoisotopic (exact) mass is 367 g/mol. The Bertz CT molecular complexity index is 1220. The number of imidazole rings is 1. The average molecular weight is 367 g/mol. The van der Waals surface area contributed by atoms with Gasteiger partial charge >= 0.3 is 0 Å². The van der Waals surface area contributed by atoms with E-state index in [0.29, 0.717) is 11.5 Å². The van der Waals surface area contributed by atoms with Crippen LogP contribution in [0.3, 0.4) is 0 Å². The van der Waals surface area contributed by atoms with Crippen LogP contribution in [-0.2, 0) is 0 Å². The maximum Gasteiger partial charge on any atom is 0.104 e. The van der Waals surface area contributed by atoms with Gasteiger partial charge in [0.25, 0.3) is 0 Å². The molecule has 0 bridgehead atoms. The molecular formula is C23H21N5. The molecule has 5 nitrogen and oxygen atoms in total. The van der Waals surface area contributed by atoms with Gasteiger partial charge in [-0.25, -0.2) is 4.98 Å². The molecule has 0 aliphatic carbocycles. The zero-order valence-electron chi connectivity index (χ0n) is 15.8. The van der Waals surface area contributed by atoms with Crippen LogP contribution < -0.4 is 4.90 Å². The Kier molecular flexibility index (Phi) is 3.98. The van der Waals surface area contributed by atoms with Crippen molar-refractivity contribution in [2.24, 2.45) is 5.92 Å². The zero-order valence-corrected chi connectivity index (χ0v) is 15.8. The quantitative estimate of drug-likeness (QED) is 0.560. The third-order valence-electron chi connectivity index (χ3n) is 5.91. The van der Waals surface area contributed by atoms with Crippen LogP contribution in [0.5, 0.6) is 0 Å². The average Bonchev–Trinajstić information content (AvgIpc) is 3.41. The van der Waals surface area contributed by atoms with Crippen molar-refractivity contribution in [1.29, 1.82) is 5.26 Å². The number of H-pyrrole nitrogens is 1. The first-order valence-corrected chi connectivity index (χ1v) is 9.78. The molecule has 1 aliphatic heterocycles. The molecule has 1 unspecified atom stereocenters. The SMILES string of the molecule is CCC1CCN(c2cc(-c3ccc4cccnc4c3)c3nc[nH]c3c2C#N)C1. The van der Waals surface area contributed by atoms with Crippen molar-refractivity contribution in [3.63, 3.8) is 0 Å². The zero-order chi connectivity index (χ0) is 19.1. The largest absolute Gasteiger partial charge is 0.370 e. The summed E-state index contributed by atoms with van der Waals surface area (Å²) in [5.74, 6) is 0.692. The van der Waals surface area contributed by atoms with Gasteiger partial charge in [-0.05, 0) is 36.1 Å². The second kappa shape index (κ2) is 6.65. The van der Waals surface area contributed by atoms with Crippen LogP contribution in [0.15, 0.2) is 48.9 Å². The van der Waals surface area contributed by atoms with Crippen molar-refractivity contribution in [3.05, 3.63) is 54.5 Å². The van der Waals surface area contributed by atoms with E-state index in [1.54, 1.807) is 6.33 Å². The second-order valence-electron chi connectivity index (χ2n) is 7.48. The lowest BCUT2D eigenvalue weighted by Gasteiger charge is -2.21. The standard InChI is InChI=1S/C23H21N5/c1-2-15-7-9-28(13-15)21-11-18(22-23(19(21)12-24)27-14-26-22)17-6-5-16-4-3-8-25-20(16)10-17/h3-6,8,10-11,14-15H,2,7,9,13H2,1H3,(H,26,27). The minimum Gasteiger partial charge on any atom is -0.370 e. The van der Waals surface area contributed by atoms with Crippen molar-refractivity contribution >= 4 is 27.6 Å². The summed E-state index contributed by atoms with van der Waals surface area (Å²) in [6.07, 6.45) is 5.85. The van der Waals surface area contributed by atoms with E-state index in [-0.39, 0.29) is 0 Å². The van der Waals surface area contributed by atoms with Crippen LogP contribution in [0.1, 0.15) is 25.3 Å². The summed E-state index contributed by atoms with van der Waals surface area (Å²) in [7, 11) is 0. The highest BCUT2D eigenvalue weighted by molar-refractivity contribution is 6.00. The van der Waals surface area contributed by atoms with Gasteiger partial charge in [-0.15, -0.1) is 0 Å². The van der Waals surface area contributed by atoms with E-state index < -0.39 is 0 Å². The fourth-order valence-corrected chi connectivity index (χ4v) is 4.30. The van der Waals surface area contributed by atoms with E-state index >= 15 is 0 Å². The fraction of sp³-hybridized carbons (Fsp3) is 0.261. The molecule has 1 aliphatic rings. The number of rotatable bonds is 3. The molecule has 4 aromatic rings. The van der Waals surface area contributed by atoms with Gasteiger partial charge in [0.05, 0.1) is 28.6 Å². The molecule has 1 atom stereocenters. The van der Waals surface area contributed by atoms with E-state index in [9.17, 15) is 5.26 Å². The number of pyridine rings is 1. The highest BCUT2D eigenvalue weighted by atomic mass is 15.2. The smallest absolute Gasteiger partial charge is 0.104 e. The second-order valence-corrected chi connectivity index (χ2v) is 7.48. The Labute approximate surface area is 163 Å². The van der Waals surface area contributed by atoms with Crippen LogP contribution >= 0.6 is 0 Å². The molecule has 5 heteroatoms. The van der Waals surface area contributed by atoms with Crippen LogP contribution in [0.4, 0.5) is 5.69 Å². The lowest BCUT2D eigenvalue weighted by atomic mass is 9.98. The molecule has 3 heterocycles. The first kappa shape index (κ1) is 16.8. The Morgan fingerprint density at radius 3 is 3.00 bits per heavy atom. The van der Waals surface area contributed by atoms with Crippen molar-refractivity contribution in [3.8, 4) is 17.2 Å². The molecule has 1 saturated heterocycles. The van der Waals surface area contributed by atoms with Crippen molar-refractivity contribution in [2.75, 3.05) is 18.0 Å². The predicted octanol–water partition coefficient (Wildman–Crippen LogP) is 4.89. The van der Waals surface area contributed by atoms with E-state index in [1.165, 1.54) is 12.8 Å². The minimum absolute atomic E-state index is 0.687. The maximum absolute atomic E-state index is 9.89. The molecular weight excluding hydrogens is 346 g/mol. The molecule has 2 aromatic heterocycles. The predicted molar refractivity (Wildman–Crippen MR) is 112 cm³/mol. The van der Waals surface area contributed by atoms with Gasteiger partial charge in [0.15, 0.2) is 0 Å². The summed E-state index contributed by atoms with van der Waals surface area (Å²) >= 11 is 0. The first-order valence-electron chi connectivity index (χ1n) is 9.78. The number of hydrogen-bond donors (Lipinski definition) is 1. The van der Waals surface area contributed by atoms with Crippen molar-refractivity contribution in [2.45, 2.75) is 19.8 Å². The van der Waals surface area contributed by atoms with Crippen LogP contribution in [0.2, 0.25) is 0 Å². The molecule has 0 radical (unpaired) electrons. The lowest BCUT2D eigenvalue weighted by Crippen LogP contribution is -2.20. The van der Waals surface area contributed by atoms with E-state index in [0.717, 1.165) is 51.8 Å².